The molecule has 0 radical (unpaired) electrons. The summed E-state index contributed by atoms with van der Waals surface area (Å²) in [5.74, 6) is -1.20. The summed E-state index contributed by atoms with van der Waals surface area (Å²) in [6.45, 7) is 0.349. The van der Waals surface area contributed by atoms with Crippen LogP contribution >= 0.6 is 0 Å². The summed E-state index contributed by atoms with van der Waals surface area (Å²) in [6.07, 6.45) is -3.98. The van der Waals surface area contributed by atoms with Crippen molar-refractivity contribution in [1.29, 1.82) is 0 Å². The van der Waals surface area contributed by atoms with Crippen LogP contribution in [0.5, 0.6) is 0 Å². The molecule has 118 valence electrons. The van der Waals surface area contributed by atoms with Gasteiger partial charge in [-0.05, 0) is 19.8 Å². The Morgan fingerprint density at radius 1 is 1.35 bits per heavy atom. The second-order valence-corrected chi connectivity index (χ2v) is 6.70. The molecule has 1 heterocycles. The molecule has 1 amide bonds. The molecular weight excluding hydrogens is 301 g/mol. The number of nitrogens with one attached hydrogen (secondary N) is 1. The highest BCUT2D eigenvalue weighted by Gasteiger charge is 2.32. The van der Waals surface area contributed by atoms with E-state index in [-0.39, 0.29) is 31.7 Å². The Labute approximate surface area is 115 Å². The summed E-state index contributed by atoms with van der Waals surface area (Å²) in [5.41, 5.74) is 1.75. The molecule has 1 aliphatic heterocycles. The van der Waals surface area contributed by atoms with E-state index in [1.165, 1.54) is 11.2 Å². The molecule has 0 unspecified atom stereocenters. The maximum Gasteiger partial charge on any atom is 0.414 e. The summed E-state index contributed by atoms with van der Waals surface area (Å²) < 4.78 is 59.9. The number of sulfonamides is 1. The molecule has 10 heteroatoms. The molecule has 0 aliphatic carbocycles. The average Bonchev–Trinajstić information content (AvgIpc) is 2.37. The van der Waals surface area contributed by atoms with Gasteiger partial charge in [-0.1, -0.05) is 0 Å². The molecule has 0 aromatic heterocycles. The second-order valence-electron chi connectivity index (χ2n) is 4.44. The Kier molecular flexibility index (Phi) is 5.78. The molecule has 0 atom stereocenters. The van der Waals surface area contributed by atoms with Gasteiger partial charge in [0.1, 0.15) is 0 Å². The van der Waals surface area contributed by atoms with Crippen molar-refractivity contribution in [2.45, 2.75) is 25.9 Å². The third-order valence-corrected chi connectivity index (χ3v) is 4.87. The summed E-state index contributed by atoms with van der Waals surface area (Å²) in [7, 11) is -3.29. The van der Waals surface area contributed by atoms with Gasteiger partial charge in [0.05, 0.1) is 5.75 Å². The number of hydrogen-bond acceptors (Lipinski definition) is 4. The van der Waals surface area contributed by atoms with E-state index in [0.29, 0.717) is 0 Å². The third-order valence-electron chi connectivity index (χ3n) is 2.99. The smallest absolute Gasteiger partial charge is 0.272 e. The topological polar surface area (TPSA) is 75.7 Å². The molecular formula is C10H17F3N2O4S. The Morgan fingerprint density at radius 2 is 1.90 bits per heavy atom. The van der Waals surface area contributed by atoms with Crippen LogP contribution in [-0.2, 0) is 19.7 Å². The maximum absolute atomic E-state index is 11.8. The van der Waals surface area contributed by atoms with E-state index >= 15 is 0 Å². The average molecular weight is 318 g/mol. The van der Waals surface area contributed by atoms with E-state index < -0.39 is 34.6 Å². The number of hydrogen-bond donors (Lipinski definition) is 1. The summed E-state index contributed by atoms with van der Waals surface area (Å²) >= 11 is 0. The number of rotatable bonds is 5. The van der Waals surface area contributed by atoms with Crippen molar-refractivity contribution in [3.63, 3.8) is 0 Å². The van der Waals surface area contributed by atoms with Crippen molar-refractivity contribution < 1.29 is 31.2 Å². The number of piperidine rings is 1. The predicted octanol–water partition coefficient (Wildman–Crippen LogP) is 0.658. The fourth-order valence-corrected chi connectivity index (χ4v) is 2.98. The quantitative estimate of drug-likeness (QED) is 0.756. The second kappa shape index (κ2) is 6.72. The number of amides is 1. The lowest BCUT2D eigenvalue weighted by Gasteiger charge is -2.30. The minimum absolute atomic E-state index is 0.0153. The number of hydroxylamine groups is 1. The van der Waals surface area contributed by atoms with Gasteiger partial charge in [0.25, 0.3) is 0 Å². The van der Waals surface area contributed by atoms with Gasteiger partial charge in [0.2, 0.25) is 15.9 Å². The first-order chi connectivity index (χ1) is 9.15. The van der Waals surface area contributed by atoms with E-state index in [4.69, 9.17) is 0 Å². The summed E-state index contributed by atoms with van der Waals surface area (Å²) in [6, 6.07) is 0. The largest absolute Gasteiger partial charge is 0.414 e. The van der Waals surface area contributed by atoms with Crippen molar-refractivity contribution in [3.8, 4) is 0 Å². The molecule has 1 rings (SSSR count). The maximum atomic E-state index is 11.8. The van der Waals surface area contributed by atoms with Gasteiger partial charge < -0.3 is 0 Å². The first-order valence-electron chi connectivity index (χ1n) is 6.12. The molecule has 0 aromatic carbocycles. The normalized spacial score (nSPS) is 19.0. The summed E-state index contributed by atoms with van der Waals surface area (Å²) in [4.78, 5) is 15.6. The first-order valence-corrected chi connectivity index (χ1v) is 7.73. The lowest BCUT2D eigenvalue weighted by Crippen LogP contribution is -2.43. The fourth-order valence-electron chi connectivity index (χ4n) is 1.85. The standard InChI is InChI=1S/C10H17F3N2O4S/c1-2-20(17,18)15-5-3-8(4-6-15)9(16)14-19-7-10(11,12)13/h8H,2-7H2,1H3,(H,14,16). The zero-order valence-corrected chi connectivity index (χ0v) is 11.8. The molecule has 1 fully saturated rings. The van der Waals surface area contributed by atoms with E-state index in [1.807, 2.05) is 0 Å². The van der Waals surface area contributed by atoms with Crippen LogP contribution in [0.4, 0.5) is 13.2 Å². The number of carbonyl (C=O) groups excluding carboxylic acids is 1. The highest BCUT2D eigenvalue weighted by Crippen LogP contribution is 2.20. The van der Waals surface area contributed by atoms with E-state index in [0.717, 1.165) is 0 Å². The van der Waals surface area contributed by atoms with Crippen LogP contribution in [0, 0.1) is 5.92 Å². The Bertz CT molecular complexity index is 430. The molecule has 1 saturated heterocycles. The number of carbonyl (C=O) groups is 1. The Balaban J connectivity index is 2.36. The highest BCUT2D eigenvalue weighted by molar-refractivity contribution is 7.89. The van der Waals surface area contributed by atoms with Crippen molar-refractivity contribution >= 4 is 15.9 Å². The lowest BCUT2D eigenvalue weighted by molar-refractivity contribution is -0.193. The van der Waals surface area contributed by atoms with Gasteiger partial charge in [-0.25, -0.2) is 18.2 Å². The Morgan fingerprint density at radius 3 is 2.35 bits per heavy atom. The first kappa shape index (κ1) is 17.2. The van der Waals surface area contributed by atoms with Gasteiger partial charge >= 0.3 is 6.18 Å². The molecule has 1 N–H and O–H groups in total. The monoisotopic (exact) mass is 318 g/mol. The van der Waals surface area contributed by atoms with E-state index in [9.17, 15) is 26.4 Å². The van der Waals surface area contributed by atoms with Gasteiger partial charge in [0.15, 0.2) is 6.61 Å². The van der Waals surface area contributed by atoms with Gasteiger partial charge in [0, 0.05) is 19.0 Å². The van der Waals surface area contributed by atoms with Crippen LogP contribution < -0.4 is 5.48 Å². The minimum atomic E-state index is -4.51. The molecule has 20 heavy (non-hydrogen) atoms. The molecule has 1 aliphatic rings. The summed E-state index contributed by atoms with van der Waals surface area (Å²) in [5, 5.41) is 0. The van der Waals surface area contributed by atoms with Crippen molar-refractivity contribution in [3.05, 3.63) is 0 Å². The van der Waals surface area contributed by atoms with Crippen molar-refractivity contribution in [2.75, 3.05) is 25.4 Å². The SMILES string of the molecule is CCS(=O)(=O)N1CCC(C(=O)NOCC(F)(F)F)CC1. The van der Waals surface area contributed by atoms with Crippen molar-refractivity contribution in [2.24, 2.45) is 5.92 Å². The van der Waals surface area contributed by atoms with Crippen LogP contribution in [0.3, 0.4) is 0 Å². The lowest BCUT2D eigenvalue weighted by atomic mass is 9.98. The zero-order valence-electron chi connectivity index (χ0n) is 10.9. The van der Waals surface area contributed by atoms with E-state index in [2.05, 4.69) is 4.84 Å². The van der Waals surface area contributed by atoms with Crippen LogP contribution in [-0.4, -0.2) is 50.3 Å². The molecule has 0 bridgehead atoms. The molecule has 0 saturated carbocycles. The number of alkyl halides is 3. The Hall–Kier alpha value is -0.870. The van der Waals surface area contributed by atoms with Crippen molar-refractivity contribution in [1.82, 2.24) is 9.79 Å². The van der Waals surface area contributed by atoms with Crippen LogP contribution in [0.1, 0.15) is 19.8 Å². The van der Waals surface area contributed by atoms with Crippen LogP contribution in [0.25, 0.3) is 0 Å². The minimum Gasteiger partial charge on any atom is -0.272 e. The van der Waals surface area contributed by atoms with E-state index in [1.54, 1.807) is 5.48 Å². The predicted molar refractivity (Wildman–Crippen MR) is 63.9 cm³/mol. The number of halogens is 3. The molecule has 0 spiro atoms. The molecule has 0 aromatic rings. The van der Waals surface area contributed by atoms with Crippen LogP contribution in [0.2, 0.25) is 0 Å². The number of nitrogens with zero attached hydrogens (tertiary/aromatic N) is 1. The highest BCUT2D eigenvalue weighted by atomic mass is 32.2. The van der Waals surface area contributed by atoms with Gasteiger partial charge in [-0.2, -0.15) is 13.2 Å². The van der Waals surface area contributed by atoms with Gasteiger partial charge in [-0.15, -0.1) is 0 Å². The third kappa shape index (κ3) is 5.25. The molecule has 6 nitrogen and oxygen atoms in total. The zero-order chi connectivity index (χ0) is 15.4. The fraction of sp³-hybridized carbons (Fsp3) is 0.900. The van der Waals surface area contributed by atoms with Crippen LogP contribution in [0.15, 0.2) is 0 Å². The van der Waals surface area contributed by atoms with Gasteiger partial charge in [-0.3, -0.25) is 9.63 Å².